The molecule has 4 nitrogen and oxygen atoms in total. The minimum atomic E-state index is -0.165. The van der Waals surface area contributed by atoms with E-state index in [1.165, 1.54) is 5.56 Å². The fourth-order valence-electron chi connectivity index (χ4n) is 3.21. The zero-order valence-electron chi connectivity index (χ0n) is 16.3. The van der Waals surface area contributed by atoms with Crippen molar-refractivity contribution >= 4 is 22.5 Å². The van der Waals surface area contributed by atoms with E-state index >= 15 is 0 Å². The van der Waals surface area contributed by atoms with Gasteiger partial charge in [-0.25, -0.2) is 0 Å². The molecule has 2 N–H and O–H groups in total. The van der Waals surface area contributed by atoms with Crippen LogP contribution in [-0.2, 0) is 11.8 Å². The Morgan fingerprint density at radius 3 is 2.37 bits per heavy atom. The molecule has 3 rings (SSSR count). The second-order valence-electron chi connectivity index (χ2n) is 7.95. The lowest BCUT2D eigenvalue weighted by molar-refractivity contribution is 0.102. The van der Waals surface area contributed by atoms with Crippen molar-refractivity contribution in [3.63, 3.8) is 0 Å². The summed E-state index contributed by atoms with van der Waals surface area (Å²) >= 11 is 0. The molecular formula is C23H26N2O2. The van der Waals surface area contributed by atoms with Gasteiger partial charge in [-0.1, -0.05) is 52.3 Å². The van der Waals surface area contributed by atoms with E-state index in [0.717, 1.165) is 29.3 Å². The normalized spacial score (nSPS) is 11.6. The Hall–Kier alpha value is -2.88. The smallest absolute Gasteiger partial charge is 0.255 e. The predicted octanol–water partition coefficient (Wildman–Crippen LogP) is 5.03. The van der Waals surface area contributed by atoms with Gasteiger partial charge in [0, 0.05) is 22.7 Å². The zero-order chi connectivity index (χ0) is 19.6. The Kier molecular flexibility index (Phi) is 5.17. The third-order valence-corrected chi connectivity index (χ3v) is 4.72. The number of H-pyrrole nitrogens is 1. The Labute approximate surface area is 159 Å². The third-order valence-electron chi connectivity index (χ3n) is 4.72. The van der Waals surface area contributed by atoms with E-state index in [2.05, 4.69) is 38.0 Å². The quantitative estimate of drug-likeness (QED) is 0.684. The van der Waals surface area contributed by atoms with Crippen molar-refractivity contribution in [3.8, 4) is 0 Å². The summed E-state index contributed by atoms with van der Waals surface area (Å²) in [5.41, 5.74) is 4.17. The van der Waals surface area contributed by atoms with Gasteiger partial charge < -0.3 is 10.3 Å². The zero-order valence-corrected chi connectivity index (χ0v) is 16.3. The molecule has 0 aliphatic carbocycles. The van der Waals surface area contributed by atoms with Gasteiger partial charge in [-0.3, -0.25) is 9.59 Å². The van der Waals surface area contributed by atoms with Gasteiger partial charge in [-0.15, -0.1) is 0 Å². The first-order valence-corrected chi connectivity index (χ1v) is 9.36. The van der Waals surface area contributed by atoms with E-state index in [9.17, 15) is 9.59 Å². The Morgan fingerprint density at radius 1 is 1.04 bits per heavy atom. The number of aromatic amines is 1. The van der Waals surface area contributed by atoms with Crippen molar-refractivity contribution in [2.45, 2.75) is 46.0 Å². The Bertz CT molecular complexity index is 1020. The molecule has 27 heavy (non-hydrogen) atoms. The standard InChI is InChI=1S/C23H26N2O2/c1-5-6-16-13-21(26)25-20-14-18(11-12-19(16)20)24-22(27)15-7-9-17(10-8-15)23(2,3)4/h7-14H,5-6H2,1-4H3,(H,24,27)(H,25,26). The maximum absolute atomic E-state index is 12.6. The van der Waals surface area contributed by atoms with Crippen LogP contribution < -0.4 is 10.9 Å². The largest absolute Gasteiger partial charge is 0.322 e. The first-order chi connectivity index (χ1) is 12.8. The van der Waals surface area contributed by atoms with Crippen molar-refractivity contribution in [1.29, 1.82) is 0 Å². The summed E-state index contributed by atoms with van der Waals surface area (Å²) in [6, 6.07) is 15.0. The first kappa shape index (κ1) is 18.9. The summed E-state index contributed by atoms with van der Waals surface area (Å²) in [4.78, 5) is 27.3. The summed E-state index contributed by atoms with van der Waals surface area (Å²) in [7, 11) is 0. The number of nitrogens with one attached hydrogen (secondary N) is 2. The molecule has 0 radical (unpaired) electrons. The van der Waals surface area contributed by atoms with Crippen molar-refractivity contribution in [2.75, 3.05) is 5.32 Å². The van der Waals surface area contributed by atoms with Crippen LogP contribution >= 0.6 is 0 Å². The number of benzene rings is 2. The number of fused-ring (bicyclic) bond motifs is 1. The molecule has 0 unspecified atom stereocenters. The van der Waals surface area contributed by atoms with Crippen LogP contribution in [0.3, 0.4) is 0 Å². The van der Waals surface area contributed by atoms with Gasteiger partial charge in [-0.2, -0.15) is 0 Å². The number of anilines is 1. The van der Waals surface area contributed by atoms with Gasteiger partial charge in [-0.05, 0) is 47.2 Å². The van der Waals surface area contributed by atoms with Gasteiger partial charge in [0.05, 0.1) is 5.52 Å². The number of aromatic nitrogens is 1. The van der Waals surface area contributed by atoms with Crippen LogP contribution in [0, 0.1) is 0 Å². The van der Waals surface area contributed by atoms with Gasteiger partial charge in [0.25, 0.3) is 5.91 Å². The average molecular weight is 362 g/mol. The Balaban J connectivity index is 1.86. The van der Waals surface area contributed by atoms with Crippen LogP contribution in [0.25, 0.3) is 10.9 Å². The first-order valence-electron chi connectivity index (χ1n) is 9.36. The second kappa shape index (κ2) is 7.39. The Morgan fingerprint density at radius 2 is 1.74 bits per heavy atom. The lowest BCUT2D eigenvalue weighted by atomic mass is 9.87. The maximum atomic E-state index is 12.6. The van der Waals surface area contributed by atoms with Crippen LogP contribution in [0.15, 0.2) is 53.3 Å². The SMILES string of the molecule is CCCc1cc(=O)[nH]c2cc(NC(=O)c3ccc(C(C)(C)C)cc3)ccc12. The number of carbonyl (C=O) groups excluding carboxylic acids is 1. The minimum absolute atomic E-state index is 0.0510. The third kappa shape index (κ3) is 4.27. The van der Waals surface area contributed by atoms with E-state index < -0.39 is 0 Å². The predicted molar refractivity (Wildman–Crippen MR) is 112 cm³/mol. The molecule has 1 heterocycles. The van der Waals surface area contributed by atoms with Crippen molar-refractivity contribution < 1.29 is 4.79 Å². The molecule has 0 saturated heterocycles. The molecule has 1 aromatic heterocycles. The minimum Gasteiger partial charge on any atom is -0.322 e. The average Bonchev–Trinajstić information content (AvgIpc) is 2.61. The number of rotatable bonds is 4. The second-order valence-corrected chi connectivity index (χ2v) is 7.95. The molecule has 2 aromatic carbocycles. The number of aryl methyl sites for hydroxylation is 1. The van der Waals surface area contributed by atoms with Crippen molar-refractivity contribution in [2.24, 2.45) is 0 Å². The number of pyridine rings is 1. The lowest BCUT2D eigenvalue weighted by Crippen LogP contribution is -2.14. The van der Waals surface area contributed by atoms with E-state index in [0.29, 0.717) is 11.3 Å². The van der Waals surface area contributed by atoms with Gasteiger partial charge >= 0.3 is 0 Å². The molecule has 0 aliphatic heterocycles. The number of hydrogen-bond acceptors (Lipinski definition) is 2. The highest BCUT2D eigenvalue weighted by Crippen LogP contribution is 2.23. The summed E-state index contributed by atoms with van der Waals surface area (Å²) in [5.74, 6) is -0.165. The summed E-state index contributed by atoms with van der Waals surface area (Å²) in [5, 5.41) is 3.94. The number of hydrogen-bond donors (Lipinski definition) is 2. The monoisotopic (exact) mass is 362 g/mol. The topological polar surface area (TPSA) is 62.0 Å². The van der Waals surface area contributed by atoms with E-state index in [-0.39, 0.29) is 16.9 Å². The van der Waals surface area contributed by atoms with Gasteiger partial charge in [0.1, 0.15) is 0 Å². The van der Waals surface area contributed by atoms with Crippen LogP contribution in [-0.4, -0.2) is 10.9 Å². The van der Waals surface area contributed by atoms with Crippen LogP contribution in [0.5, 0.6) is 0 Å². The van der Waals surface area contributed by atoms with E-state index in [1.54, 1.807) is 6.07 Å². The summed E-state index contributed by atoms with van der Waals surface area (Å²) < 4.78 is 0. The molecule has 3 aromatic rings. The van der Waals surface area contributed by atoms with Crippen LogP contribution in [0.2, 0.25) is 0 Å². The van der Waals surface area contributed by atoms with Crippen molar-refractivity contribution in [3.05, 3.63) is 75.6 Å². The highest BCUT2D eigenvalue weighted by atomic mass is 16.1. The molecule has 0 spiro atoms. The summed E-state index contributed by atoms with van der Waals surface area (Å²) in [6.45, 7) is 8.52. The molecule has 1 amide bonds. The van der Waals surface area contributed by atoms with Crippen LogP contribution in [0.1, 0.15) is 55.6 Å². The van der Waals surface area contributed by atoms with Gasteiger partial charge in [0.2, 0.25) is 5.56 Å². The molecule has 0 bridgehead atoms. The molecule has 0 aliphatic rings. The number of amides is 1. The molecule has 140 valence electrons. The molecule has 4 heteroatoms. The molecule has 0 atom stereocenters. The molecular weight excluding hydrogens is 336 g/mol. The lowest BCUT2D eigenvalue weighted by Gasteiger charge is -2.19. The van der Waals surface area contributed by atoms with Gasteiger partial charge in [0.15, 0.2) is 0 Å². The maximum Gasteiger partial charge on any atom is 0.255 e. The molecule has 0 fully saturated rings. The summed E-state index contributed by atoms with van der Waals surface area (Å²) in [6.07, 6.45) is 1.83. The highest BCUT2D eigenvalue weighted by Gasteiger charge is 2.14. The van der Waals surface area contributed by atoms with E-state index in [4.69, 9.17) is 0 Å². The van der Waals surface area contributed by atoms with E-state index in [1.807, 2.05) is 42.5 Å². The fourth-order valence-corrected chi connectivity index (χ4v) is 3.21. The van der Waals surface area contributed by atoms with Crippen molar-refractivity contribution in [1.82, 2.24) is 4.98 Å². The molecule has 0 saturated carbocycles. The number of carbonyl (C=O) groups is 1. The van der Waals surface area contributed by atoms with Crippen LogP contribution in [0.4, 0.5) is 5.69 Å². The fraction of sp³-hybridized carbons (Fsp3) is 0.304. The highest BCUT2D eigenvalue weighted by molar-refractivity contribution is 6.05.